The van der Waals surface area contributed by atoms with Crippen molar-refractivity contribution in [2.24, 2.45) is 0 Å². The van der Waals surface area contributed by atoms with E-state index in [0.29, 0.717) is 16.8 Å². The number of amides is 1. The van der Waals surface area contributed by atoms with Crippen molar-refractivity contribution in [3.63, 3.8) is 0 Å². The quantitative estimate of drug-likeness (QED) is 0.809. The first-order chi connectivity index (χ1) is 12.0. The second kappa shape index (κ2) is 6.02. The van der Waals surface area contributed by atoms with E-state index >= 15 is 0 Å². The third-order valence-electron chi connectivity index (χ3n) is 4.53. The molecule has 0 spiro atoms. The van der Waals surface area contributed by atoms with Gasteiger partial charge in [-0.3, -0.25) is 9.52 Å². The normalized spacial score (nSPS) is 14.5. The molecule has 0 fully saturated rings. The van der Waals surface area contributed by atoms with Crippen molar-refractivity contribution in [1.82, 2.24) is 0 Å². The average Bonchev–Trinajstić information content (AvgIpc) is 2.82. The first kappa shape index (κ1) is 18.3. The standard InChI is InChI=1S/C19H22N2O4S/c1-19(2,3)14-6-5-7-15(18(14)23)20-26(24,25)13-8-9-16-12(10-13)11-17(22)21(16)4/h5-10,20,23H,11H2,1-4H3. The Balaban J connectivity index is 1.97. The lowest BCUT2D eigenvalue weighted by Gasteiger charge is -2.22. The molecular weight excluding hydrogens is 352 g/mol. The predicted molar refractivity (Wildman–Crippen MR) is 101 cm³/mol. The molecule has 6 nitrogen and oxygen atoms in total. The van der Waals surface area contributed by atoms with Crippen molar-refractivity contribution in [3.8, 4) is 5.75 Å². The molecule has 0 unspecified atom stereocenters. The van der Waals surface area contributed by atoms with E-state index in [1.807, 2.05) is 20.8 Å². The van der Waals surface area contributed by atoms with Gasteiger partial charge in [-0.25, -0.2) is 8.42 Å². The smallest absolute Gasteiger partial charge is 0.262 e. The number of carbonyl (C=O) groups excluding carboxylic acids is 1. The number of nitrogens with zero attached hydrogens (tertiary/aromatic N) is 1. The summed E-state index contributed by atoms with van der Waals surface area (Å²) in [6.07, 6.45) is 0.181. The van der Waals surface area contributed by atoms with Crippen LogP contribution in [0.15, 0.2) is 41.3 Å². The summed E-state index contributed by atoms with van der Waals surface area (Å²) in [6, 6.07) is 9.58. The van der Waals surface area contributed by atoms with Gasteiger partial charge < -0.3 is 10.0 Å². The molecule has 0 atom stereocenters. The van der Waals surface area contributed by atoms with Crippen molar-refractivity contribution in [2.45, 2.75) is 37.5 Å². The molecule has 1 amide bonds. The minimum Gasteiger partial charge on any atom is -0.505 e. The van der Waals surface area contributed by atoms with E-state index in [4.69, 9.17) is 0 Å². The highest BCUT2D eigenvalue weighted by Gasteiger charge is 2.27. The summed E-state index contributed by atoms with van der Waals surface area (Å²) in [4.78, 5) is 13.4. The molecule has 1 heterocycles. The summed E-state index contributed by atoms with van der Waals surface area (Å²) >= 11 is 0. The molecule has 138 valence electrons. The predicted octanol–water partition coefficient (Wildman–Crippen LogP) is 3.01. The number of fused-ring (bicyclic) bond motifs is 1. The molecule has 7 heteroatoms. The Morgan fingerprint density at radius 2 is 1.85 bits per heavy atom. The first-order valence-corrected chi connectivity index (χ1v) is 9.74. The van der Waals surface area contributed by atoms with Gasteiger partial charge in [0.25, 0.3) is 10.0 Å². The molecule has 0 aromatic heterocycles. The van der Waals surface area contributed by atoms with Crippen LogP contribution < -0.4 is 9.62 Å². The molecule has 1 aliphatic rings. The molecule has 0 aliphatic carbocycles. The fraction of sp³-hybridized carbons (Fsp3) is 0.316. The minimum absolute atomic E-state index is 0.0555. The number of hydrogen-bond donors (Lipinski definition) is 2. The number of benzene rings is 2. The fourth-order valence-corrected chi connectivity index (χ4v) is 4.17. The Morgan fingerprint density at radius 1 is 1.15 bits per heavy atom. The summed E-state index contributed by atoms with van der Waals surface area (Å²) in [5.74, 6) is -0.155. The SMILES string of the molecule is CN1C(=O)Cc2cc(S(=O)(=O)Nc3cccc(C(C)(C)C)c3O)ccc21. The molecule has 0 radical (unpaired) electrons. The zero-order chi connectivity index (χ0) is 19.3. The first-order valence-electron chi connectivity index (χ1n) is 8.25. The monoisotopic (exact) mass is 374 g/mol. The second-order valence-electron chi connectivity index (χ2n) is 7.48. The number of likely N-dealkylation sites (N-methyl/N-ethyl adjacent to an activating group) is 1. The Bertz CT molecular complexity index is 991. The summed E-state index contributed by atoms with van der Waals surface area (Å²) in [5, 5.41) is 10.5. The molecule has 3 rings (SSSR count). The lowest BCUT2D eigenvalue weighted by atomic mass is 9.86. The number of carbonyl (C=O) groups is 1. The van der Waals surface area contributed by atoms with Crippen LogP contribution in [0.2, 0.25) is 0 Å². The highest BCUT2D eigenvalue weighted by Crippen LogP contribution is 2.37. The molecule has 0 saturated heterocycles. The number of sulfonamides is 1. The summed E-state index contributed by atoms with van der Waals surface area (Å²) in [7, 11) is -2.23. The van der Waals surface area contributed by atoms with Crippen molar-refractivity contribution in [3.05, 3.63) is 47.5 Å². The molecule has 2 aromatic carbocycles. The zero-order valence-electron chi connectivity index (χ0n) is 15.2. The summed E-state index contributed by atoms with van der Waals surface area (Å²) in [5.41, 5.74) is 1.84. The third kappa shape index (κ3) is 3.14. The van der Waals surface area contributed by atoms with E-state index in [2.05, 4.69) is 4.72 Å². The summed E-state index contributed by atoms with van der Waals surface area (Å²) in [6.45, 7) is 5.82. The largest absolute Gasteiger partial charge is 0.505 e. The van der Waals surface area contributed by atoms with Crippen molar-refractivity contribution >= 4 is 27.3 Å². The number of hydrogen-bond acceptors (Lipinski definition) is 4. The van der Waals surface area contributed by atoms with Gasteiger partial charge in [0.2, 0.25) is 5.91 Å². The number of phenols is 1. The molecular formula is C19H22N2O4S. The van der Waals surface area contributed by atoms with Gasteiger partial charge in [-0.2, -0.15) is 0 Å². The van der Waals surface area contributed by atoms with Gasteiger partial charge in [0, 0.05) is 18.3 Å². The Hall–Kier alpha value is -2.54. The number of anilines is 2. The van der Waals surface area contributed by atoms with Crippen LogP contribution in [-0.2, 0) is 26.7 Å². The van der Waals surface area contributed by atoms with Crippen LogP contribution in [0.5, 0.6) is 5.75 Å². The van der Waals surface area contributed by atoms with E-state index in [-0.39, 0.29) is 34.1 Å². The van der Waals surface area contributed by atoms with E-state index in [1.165, 1.54) is 23.1 Å². The Morgan fingerprint density at radius 3 is 2.50 bits per heavy atom. The lowest BCUT2D eigenvalue weighted by Crippen LogP contribution is -2.20. The van der Waals surface area contributed by atoms with Gasteiger partial charge in [-0.15, -0.1) is 0 Å². The van der Waals surface area contributed by atoms with Crippen LogP contribution in [-0.4, -0.2) is 26.5 Å². The molecule has 2 aromatic rings. The molecule has 0 bridgehead atoms. The fourth-order valence-electron chi connectivity index (χ4n) is 3.05. The molecule has 2 N–H and O–H groups in total. The van der Waals surface area contributed by atoms with Crippen LogP contribution in [0.3, 0.4) is 0 Å². The van der Waals surface area contributed by atoms with Crippen LogP contribution in [0.1, 0.15) is 31.9 Å². The highest BCUT2D eigenvalue weighted by atomic mass is 32.2. The number of nitrogens with one attached hydrogen (secondary N) is 1. The number of para-hydroxylation sites is 1. The molecule has 26 heavy (non-hydrogen) atoms. The lowest BCUT2D eigenvalue weighted by molar-refractivity contribution is -0.117. The van der Waals surface area contributed by atoms with Gasteiger partial charge in [0.15, 0.2) is 0 Å². The molecule has 0 saturated carbocycles. The van der Waals surface area contributed by atoms with Gasteiger partial charge in [-0.05, 0) is 35.2 Å². The third-order valence-corrected chi connectivity index (χ3v) is 5.89. The van der Waals surface area contributed by atoms with E-state index in [9.17, 15) is 18.3 Å². The van der Waals surface area contributed by atoms with Crippen LogP contribution in [0.25, 0.3) is 0 Å². The van der Waals surface area contributed by atoms with Crippen LogP contribution in [0, 0.1) is 0 Å². The minimum atomic E-state index is -3.89. The van der Waals surface area contributed by atoms with E-state index < -0.39 is 10.0 Å². The van der Waals surface area contributed by atoms with E-state index in [0.717, 1.165) is 0 Å². The Kier molecular flexibility index (Phi) is 4.23. The van der Waals surface area contributed by atoms with Crippen molar-refractivity contribution in [1.29, 1.82) is 0 Å². The van der Waals surface area contributed by atoms with Crippen LogP contribution >= 0.6 is 0 Å². The van der Waals surface area contributed by atoms with E-state index in [1.54, 1.807) is 25.2 Å². The highest BCUT2D eigenvalue weighted by molar-refractivity contribution is 7.92. The maximum Gasteiger partial charge on any atom is 0.262 e. The van der Waals surface area contributed by atoms with Gasteiger partial charge >= 0.3 is 0 Å². The number of phenolic OH excluding ortho intramolecular Hbond substituents is 1. The van der Waals surface area contributed by atoms with Crippen molar-refractivity contribution in [2.75, 3.05) is 16.7 Å². The Labute approximate surface area is 153 Å². The second-order valence-corrected chi connectivity index (χ2v) is 9.16. The maximum absolute atomic E-state index is 12.8. The average molecular weight is 374 g/mol. The zero-order valence-corrected chi connectivity index (χ0v) is 16.0. The maximum atomic E-state index is 12.8. The van der Waals surface area contributed by atoms with Gasteiger partial charge in [0.05, 0.1) is 17.0 Å². The van der Waals surface area contributed by atoms with Crippen molar-refractivity contribution < 1.29 is 18.3 Å². The molecule has 1 aliphatic heterocycles. The van der Waals surface area contributed by atoms with Crippen LogP contribution in [0.4, 0.5) is 11.4 Å². The van der Waals surface area contributed by atoms with Gasteiger partial charge in [0.1, 0.15) is 5.75 Å². The van der Waals surface area contributed by atoms with Gasteiger partial charge in [-0.1, -0.05) is 32.9 Å². The number of aromatic hydroxyl groups is 1. The number of rotatable bonds is 3. The topological polar surface area (TPSA) is 86.7 Å². The summed E-state index contributed by atoms with van der Waals surface area (Å²) < 4.78 is 28.0.